The quantitative estimate of drug-likeness (QED) is 0.864. The molecule has 2 N–H and O–H groups in total. The van der Waals surface area contributed by atoms with Gasteiger partial charge in [-0.25, -0.2) is 9.59 Å². The number of amides is 2. The number of carbonyl (C=O) groups is 2. The van der Waals surface area contributed by atoms with Gasteiger partial charge in [0.15, 0.2) is 0 Å². The SMILES string of the molecule is CC1CN(C(=O)Nc2c(Br)cccc2C(=O)O)CCO1. The molecule has 1 saturated heterocycles. The number of morpholine rings is 1. The molecule has 0 aromatic heterocycles. The molecule has 2 amide bonds. The van der Waals surface area contributed by atoms with Crippen LogP contribution in [0, 0.1) is 0 Å². The summed E-state index contributed by atoms with van der Waals surface area (Å²) in [6.07, 6.45) is -0.0207. The Labute approximate surface area is 124 Å². The molecule has 1 atom stereocenters. The van der Waals surface area contributed by atoms with Crippen molar-refractivity contribution >= 4 is 33.6 Å². The molecule has 1 heterocycles. The molecule has 0 spiro atoms. The monoisotopic (exact) mass is 342 g/mol. The van der Waals surface area contributed by atoms with Gasteiger partial charge in [0.2, 0.25) is 0 Å². The van der Waals surface area contributed by atoms with Gasteiger partial charge in [0, 0.05) is 17.6 Å². The molecular weight excluding hydrogens is 328 g/mol. The number of urea groups is 1. The van der Waals surface area contributed by atoms with E-state index in [9.17, 15) is 9.59 Å². The summed E-state index contributed by atoms with van der Waals surface area (Å²) in [5, 5.41) is 11.8. The number of halogens is 1. The Balaban J connectivity index is 2.17. The van der Waals surface area contributed by atoms with Crippen LogP contribution in [0.5, 0.6) is 0 Å². The first-order valence-electron chi connectivity index (χ1n) is 6.18. The van der Waals surface area contributed by atoms with Crippen LogP contribution in [0.4, 0.5) is 10.5 Å². The van der Waals surface area contributed by atoms with Crippen molar-refractivity contribution in [3.8, 4) is 0 Å². The molecular formula is C13H15BrN2O4. The van der Waals surface area contributed by atoms with Gasteiger partial charge in [-0.1, -0.05) is 6.07 Å². The molecule has 1 fully saturated rings. The van der Waals surface area contributed by atoms with Crippen molar-refractivity contribution in [3.05, 3.63) is 28.2 Å². The Morgan fingerprint density at radius 3 is 2.90 bits per heavy atom. The smallest absolute Gasteiger partial charge is 0.337 e. The molecule has 1 unspecified atom stereocenters. The number of anilines is 1. The van der Waals surface area contributed by atoms with Crippen molar-refractivity contribution in [2.24, 2.45) is 0 Å². The summed E-state index contributed by atoms with van der Waals surface area (Å²) >= 11 is 3.26. The van der Waals surface area contributed by atoms with Crippen LogP contribution in [0.25, 0.3) is 0 Å². The van der Waals surface area contributed by atoms with Crippen LogP contribution < -0.4 is 5.32 Å². The summed E-state index contributed by atoms with van der Waals surface area (Å²) in [7, 11) is 0. The van der Waals surface area contributed by atoms with Crippen LogP contribution in [-0.2, 0) is 4.74 Å². The average Bonchev–Trinajstić information content (AvgIpc) is 2.40. The Hall–Kier alpha value is -1.60. The molecule has 108 valence electrons. The average molecular weight is 343 g/mol. The van der Waals surface area contributed by atoms with Crippen LogP contribution in [0.3, 0.4) is 0 Å². The highest BCUT2D eigenvalue weighted by Crippen LogP contribution is 2.27. The third-order valence-corrected chi connectivity index (χ3v) is 3.67. The van der Waals surface area contributed by atoms with E-state index in [4.69, 9.17) is 9.84 Å². The number of ether oxygens (including phenoxy) is 1. The second-order valence-corrected chi connectivity index (χ2v) is 5.38. The first-order valence-corrected chi connectivity index (χ1v) is 6.97. The molecule has 1 aliphatic rings. The highest BCUT2D eigenvalue weighted by atomic mass is 79.9. The summed E-state index contributed by atoms with van der Waals surface area (Å²) < 4.78 is 5.90. The summed E-state index contributed by atoms with van der Waals surface area (Å²) in [6.45, 7) is 3.35. The molecule has 1 aliphatic heterocycles. The predicted molar refractivity (Wildman–Crippen MR) is 77.1 cm³/mol. The van der Waals surface area contributed by atoms with E-state index in [1.54, 1.807) is 17.0 Å². The van der Waals surface area contributed by atoms with Gasteiger partial charge in [-0.05, 0) is 35.0 Å². The molecule has 0 saturated carbocycles. The van der Waals surface area contributed by atoms with E-state index >= 15 is 0 Å². The first kappa shape index (κ1) is 14.8. The number of hydrogen-bond acceptors (Lipinski definition) is 3. The van der Waals surface area contributed by atoms with Gasteiger partial charge in [-0.3, -0.25) is 0 Å². The van der Waals surface area contributed by atoms with E-state index in [1.807, 2.05) is 6.92 Å². The van der Waals surface area contributed by atoms with Gasteiger partial charge in [0.25, 0.3) is 0 Å². The zero-order chi connectivity index (χ0) is 14.7. The van der Waals surface area contributed by atoms with Crippen molar-refractivity contribution in [2.75, 3.05) is 25.0 Å². The van der Waals surface area contributed by atoms with E-state index in [0.29, 0.717) is 24.2 Å². The highest BCUT2D eigenvalue weighted by Gasteiger charge is 2.23. The number of nitrogens with zero attached hydrogens (tertiary/aromatic N) is 1. The van der Waals surface area contributed by atoms with Gasteiger partial charge in [0.1, 0.15) is 0 Å². The predicted octanol–water partition coefficient (Wildman–Crippen LogP) is 2.40. The number of carboxylic acid groups (broad SMARTS) is 1. The summed E-state index contributed by atoms with van der Waals surface area (Å²) in [4.78, 5) is 25.0. The Bertz CT molecular complexity index is 535. The van der Waals surface area contributed by atoms with Crippen molar-refractivity contribution in [1.29, 1.82) is 0 Å². The van der Waals surface area contributed by atoms with Gasteiger partial charge < -0.3 is 20.1 Å². The van der Waals surface area contributed by atoms with E-state index in [0.717, 1.165) is 0 Å². The standard InChI is InChI=1S/C13H15BrN2O4/c1-8-7-16(5-6-20-8)13(19)15-11-9(12(17)18)3-2-4-10(11)14/h2-4,8H,5-7H2,1H3,(H,15,19)(H,17,18). The van der Waals surface area contributed by atoms with Crippen molar-refractivity contribution in [1.82, 2.24) is 4.90 Å². The largest absolute Gasteiger partial charge is 0.478 e. The number of benzene rings is 1. The molecule has 7 heteroatoms. The second-order valence-electron chi connectivity index (χ2n) is 4.53. The van der Waals surface area contributed by atoms with Gasteiger partial charge in [0.05, 0.1) is 24.0 Å². The molecule has 0 radical (unpaired) electrons. The Morgan fingerprint density at radius 2 is 2.25 bits per heavy atom. The molecule has 6 nitrogen and oxygen atoms in total. The zero-order valence-corrected chi connectivity index (χ0v) is 12.5. The molecule has 0 aliphatic carbocycles. The molecule has 0 bridgehead atoms. The maximum Gasteiger partial charge on any atom is 0.337 e. The van der Waals surface area contributed by atoms with Crippen molar-refractivity contribution in [2.45, 2.75) is 13.0 Å². The maximum absolute atomic E-state index is 12.2. The van der Waals surface area contributed by atoms with Crippen LogP contribution in [0.15, 0.2) is 22.7 Å². The molecule has 1 aromatic carbocycles. The van der Waals surface area contributed by atoms with Crippen molar-refractivity contribution < 1.29 is 19.4 Å². The topological polar surface area (TPSA) is 78.9 Å². The number of aromatic carboxylic acids is 1. The van der Waals surface area contributed by atoms with Crippen molar-refractivity contribution in [3.63, 3.8) is 0 Å². The number of para-hydroxylation sites is 1. The normalized spacial score (nSPS) is 18.7. The third-order valence-electron chi connectivity index (χ3n) is 3.00. The van der Waals surface area contributed by atoms with Gasteiger partial charge in [-0.15, -0.1) is 0 Å². The minimum absolute atomic E-state index is 0.0207. The lowest BCUT2D eigenvalue weighted by atomic mass is 10.2. The van der Waals surface area contributed by atoms with E-state index < -0.39 is 5.97 Å². The number of hydrogen-bond donors (Lipinski definition) is 2. The highest BCUT2D eigenvalue weighted by molar-refractivity contribution is 9.10. The van der Waals surface area contributed by atoms with Gasteiger partial charge in [-0.2, -0.15) is 0 Å². The molecule has 2 rings (SSSR count). The third kappa shape index (κ3) is 3.29. The fourth-order valence-electron chi connectivity index (χ4n) is 2.02. The fraction of sp³-hybridized carbons (Fsp3) is 0.385. The Morgan fingerprint density at radius 1 is 1.50 bits per heavy atom. The number of carbonyl (C=O) groups excluding carboxylic acids is 1. The fourth-order valence-corrected chi connectivity index (χ4v) is 2.48. The lowest BCUT2D eigenvalue weighted by molar-refractivity contribution is -0.00139. The van der Waals surface area contributed by atoms with E-state index in [2.05, 4.69) is 21.2 Å². The summed E-state index contributed by atoms with van der Waals surface area (Å²) in [5.41, 5.74) is 0.318. The maximum atomic E-state index is 12.2. The minimum atomic E-state index is -1.09. The lowest BCUT2D eigenvalue weighted by Gasteiger charge is -2.31. The Kier molecular flexibility index (Phi) is 4.61. The van der Waals surface area contributed by atoms with Crippen LogP contribution in [-0.4, -0.2) is 47.8 Å². The van der Waals surface area contributed by atoms with E-state index in [-0.39, 0.29) is 23.4 Å². The van der Waals surface area contributed by atoms with Crippen LogP contribution in [0.2, 0.25) is 0 Å². The van der Waals surface area contributed by atoms with Crippen LogP contribution >= 0.6 is 15.9 Å². The lowest BCUT2D eigenvalue weighted by Crippen LogP contribution is -2.46. The second kappa shape index (κ2) is 6.23. The van der Waals surface area contributed by atoms with E-state index in [1.165, 1.54) is 6.07 Å². The van der Waals surface area contributed by atoms with Gasteiger partial charge >= 0.3 is 12.0 Å². The number of carboxylic acids is 1. The number of rotatable bonds is 2. The minimum Gasteiger partial charge on any atom is -0.478 e. The molecule has 20 heavy (non-hydrogen) atoms. The van der Waals surface area contributed by atoms with Crippen LogP contribution in [0.1, 0.15) is 17.3 Å². The zero-order valence-electron chi connectivity index (χ0n) is 10.9. The summed E-state index contributed by atoms with van der Waals surface area (Å²) in [6, 6.07) is 4.42. The first-order chi connectivity index (χ1) is 9.49. The molecule has 1 aromatic rings. The number of nitrogens with one attached hydrogen (secondary N) is 1. The summed E-state index contributed by atoms with van der Waals surface area (Å²) in [5.74, 6) is -1.09.